The molecule has 2 rings (SSSR count). The average molecular weight is 327 g/mol. The van der Waals surface area contributed by atoms with Crippen molar-refractivity contribution in [3.8, 4) is 0 Å². The molecule has 0 saturated heterocycles. The first-order valence-corrected chi connectivity index (χ1v) is 6.92. The Labute approximate surface area is 132 Å². The van der Waals surface area contributed by atoms with Gasteiger partial charge in [0.2, 0.25) is 0 Å². The SMILES string of the molecule is COC(=O)C1=C(C)N(C)C(=O)N(C)C1c1c(F)cccc1Cl. The van der Waals surface area contributed by atoms with Crippen molar-refractivity contribution in [1.29, 1.82) is 0 Å². The molecule has 1 aliphatic heterocycles. The Morgan fingerprint density at radius 1 is 1.36 bits per heavy atom. The third kappa shape index (κ3) is 2.43. The molecule has 0 bridgehead atoms. The fourth-order valence-electron chi connectivity index (χ4n) is 2.54. The number of esters is 1. The summed E-state index contributed by atoms with van der Waals surface area (Å²) in [7, 11) is 4.26. The van der Waals surface area contributed by atoms with Crippen LogP contribution < -0.4 is 0 Å². The fraction of sp³-hybridized carbons (Fsp3) is 0.333. The van der Waals surface area contributed by atoms with Crippen molar-refractivity contribution in [2.75, 3.05) is 21.2 Å². The Balaban J connectivity index is 2.74. The standard InChI is InChI=1S/C15H16ClFN2O3/c1-8-11(14(20)22-4)13(19(3)15(21)18(8)2)12-9(16)6-5-7-10(12)17/h5-7,13H,1-4H3. The fourth-order valence-corrected chi connectivity index (χ4v) is 2.81. The highest BCUT2D eigenvalue weighted by Crippen LogP contribution is 2.40. The third-order valence-electron chi connectivity index (χ3n) is 3.82. The summed E-state index contributed by atoms with van der Waals surface area (Å²) in [5, 5.41) is 0.142. The van der Waals surface area contributed by atoms with E-state index in [1.807, 2.05) is 0 Å². The van der Waals surface area contributed by atoms with Gasteiger partial charge in [0.15, 0.2) is 0 Å². The van der Waals surface area contributed by atoms with Crippen LogP contribution in [0.15, 0.2) is 29.5 Å². The summed E-state index contributed by atoms with van der Waals surface area (Å²) >= 11 is 6.11. The Morgan fingerprint density at radius 3 is 2.55 bits per heavy atom. The highest BCUT2D eigenvalue weighted by Gasteiger charge is 2.41. The van der Waals surface area contributed by atoms with Gasteiger partial charge in [-0.1, -0.05) is 17.7 Å². The summed E-state index contributed by atoms with van der Waals surface area (Å²) in [6, 6.07) is 2.91. The van der Waals surface area contributed by atoms with Gasteiger partial charge >= 0.3 is 12.0 Å². The lowest BCUT2D eigenvalue weighted by molar-refractivity contribution is -0.137. The monoisotopic (exact) mass is 326 g/mol. The number of nitrogens with zero attached hydrogens (tertiary/aromatic N) is 2. The summed E-state index contributed by atoms with van der Waals surface area (Å²) in [5.41, 5.74) is 0.659. The molecule has 2 amide bonds. The van der Waals surface area contributed by atoms with E-state index in [0.29, 0.717) is 5.70 Å². The van der Waals surface area contributed by atoms with Gasteiger partial charge in [0.1, 0.15) is 5.82 Å². The molecule has 1 atom stereocenters. The minimum absolute atomic E-state index is 0.0767. The smallest absolute Gasteiger partial charge is 0.337 e. The second kappa shape index (κ2) is 5.96. The summed E-state index contributed by atoms with van der Waals surface area (Å²) in [4.78, 5) is 27.1. The first kappa shape index (κ1) is 16.3. The van der Waals surface area contributed by atoms with E-state index in [9.17, 15) is 14.0 Å². The summed E-state index contributed by atoms with van der Waals surface area (Å²) in [6.45, 7) is 1.61. The van der Waals surface area contributed by atoms with E-state index >= 15 is 0 Å². The lowest BCUT2D eigenvalue weighted by atomic mass is 9.93. The van der Waals surface area contributed by atoms with Crippen molar-refractivity contribution >= 4 is 23.6 Å². The molecule has 0 radical (unpaired) electrons. The van der Waals surface area contributed by atoms with E-state index in [2.05, 4.69) is 0 Å². The van der Waals surface area contributed by atoms with Crippen LogP contribution in [-0.2, 0) is 9.53 Å². The van der Waals surface area contributed by atoms with E-state index in [0.717, 1.165) is 0 Å². The average Bonchev–Trinajstić information content (AvgIpc) is 2.49. The van der Waals surface area contributed by atoms with Crippen LogP contribution in [0.5, 0.6) is 0 Å². The third-order valence-corrected chi connectivity index (χ3v) is 4.15. The Bertz CT molecular complexity index is 655. The number of hydrogen-bond acceptors (Lipinski definition) is 3. The molecule has 0 N–H and O–H groups in total. The second-order valence-electron chi connectivity index (χ2n) is 4.98. The normalized spacial score (nSPS) is 18.8. The number of rotatable bonds is 2. The van der Waals surface area contributed by atoms with E-state index in [1.165, 1.54) is 49.2 Å². The first-order valence-electron chi connectivity index (χ1n) is 6.54. The molecule has 0 aliphatic carbocycles. The Kier molecular flexibility index (Phi) is 4.42. The maximum atomic E-state index is 14.3. The van der Waals surface area contributed by atoms with Crippen LogP contribution in [0.3, 0.4) is 0 Å². The van der Waals surface area contributed by atoms with Gasteiger partial charge in [-0.25, -0.2) is 14.0 Å². The molecule has 0 saturated carbocycles. The van der Waals surface area contributed by atoms with Crippen LogP contribution in [0, 0.1) is 5.82 Å². The zero-order valence-corrected chi connectivity index (χ0v) is 13.4. The summed E-state index contributed by atoms with van der Waals surface area (Å²) in [5.74, 6) is -1.22. The van der Waals surface area contributed by atoms with Crippen molar-refractivity contribution in [2.45, 2.75) is 13.0 Å². The van der Waals surface area contributed by atoms with Gasteiger partial charge in [-0.05, 0) is 19.1 Å². The second-order valence-corrected chi connectivity index (χ2v) is 5.39. The van der Waals surface area contributed by atoms with Gasteiger partial charge in [-0.3, -0.25) is 0 Å². The van der Waals surface area contributed by atoms with E-state index in [4.69, 9.17) is 16.3 Å². The minimum Gasteiger partial charge on any atom is -0.466 e. The van der Waals surface area contributed by atoms with Gasteiger partial charge in [0.05, 0.1) is 18.7 Å². The summed E-state index contributed by atoms with van der Waals surface area (Å²) < 4.78 is 19.1. The van der Waals surface area contributed by atoms with E-state index < -0.39 is 17.8 Å². The highest BCUT2D eigenvalue weighted by atomic mass is 35.5. The highest BCUT2D eigenvalue weighted by molar-refractivity contribution is 6.31. The van der Waals surface area contributed by atoms with Crippen LogP contribution in [-0.4, -0.2) is 43.0 Å². The molecule has 1 unspecified atom stereocenters. The number of carbonyl (C=O) groups excluding carboxylic acids is 2. The number of allylic oxidation sites excluding steroid dienone is 1. The number of likely N-dealkylation sites (N-methyl/N-ethyl adjacent to an activating group) is 1. The molecule has 1 heterocycles. The molecule has 1 aromatic carbocycles. The predicted molar refractivity (Wildman–Crippen MR) is 79.8 cm³/mol. The zero-order chi connectivity index (χ0) is 16.6. The van der Waals surface area contributed by atoms with Crippen LogP contribution in [0.1, 0.15) is 18.5 Å². The minimum atomic E-state index is -0.940. The molecule has 0 spiro atoms. The number of halogens is 2. The molecule has 7 heteroatoms. The number of methoxy groups -OCH3 is 1. The van der Waals surface area contributed by atoms with Crippen LogP contribution in [0.2, 0.25) is 5.02 Å². The molecule has 5 nitrogen and oxygen atoms in total. The van der Waals surface area contributed by atoms with Gasteiger partial charge in [0, 0.05) is 30.4 Å². The van der Waals surface area contributed by atoms with Crippen LogP contribution >= 0.6 is 11.6 Å². The van der Waals surface area contributed by atoms with Crippen LogP contribution in [0.4, 0.5) is 9.18 Å². The predicted octanol–water partition coefficient (Wildman–Crippen LogP) is 2.96. The van der Waals surface area contributed by atoms with Crippen molar-refractivity contribution in [2.24, 2.45) is 0 Å². The largest absolute Gasteiger partial charge is 0.466 e. The van der Waals surface area contributed by atoms with Gasteiger partial charge in [-0.2, -0.15) is 0 Å². The van der Waals surface area contributed by atoms with Crippen LogP contribution in [0.25, 0.3) is 0 Å². The molecular formula is C15H16ClFN2O3. The first-order chi connectivity index (χ1) is 10.3. The van der Waals surface area contributed by atoms with Crippen molar-refractivity contribution in [1.82, 2.24) is 9.80 Å². The number of urea groups is 1. The van der Waals surface area contributed by atoms with Gasteiger partial charge < -0.3 is 14.5 Å². The topological polar surface area (TPSA) is 49.9 Å². The van der Waals surface area contributed by atoms with E-state index in [1.54, 1.807) is 6.92 Å². The van der Waals surface area contributed by atoms with E-state index in [-0.39, 0.29) is 22.2 Å². The van der Waals surface area contributed by atoms with Crippen molar-refractivity contribution in [3.63, 3.8) is 0 Å². The van der Waals surface area contributed by atoms with Gasteiger partial charge in [0.25, 0.3) is 0 Å². The molecular weight excluding hydrogens is 311 g/mol. The van der Waals surface area contributed by atoms with Crippen molar-refractivity contribution in [3.05, 3.63) is 45.9 Å². The Hall–Kier alpha value is -2.08. The number of carbonyl (C=O) groups is 2. The molecule has 22 heavy (non-hydrogen) atoms. The molecule has 1 aliphatic rings. The van der Waals surface area contributed by atoms with Crippen molar-refractivity contribution < 1.29 is 18.7 Å². The lowest BCUT2D eigenvalue weighted by Crippen LogP contribution is -2.47. The maximum Gasteiger partial charge on any atom is 0.337 e. The van der Waals surface area contributed by atoms with Gasteiger partial charge in [-0.15, -0.1) is 0 Å². The zero-order valence-electron chi connectivity index (χ0n) is 12.7. The number of amides is 2. The number of hydrogen-bond donors (Lipinski definition) is 0. The quantitative estimate of drug-likeness (QED) is 0.785. The molecule has 118 valence electrons. The lowest BCUT2D eigenvalue weighted by Gasteiger charge is -2.39. The molecule has 0 aromatic heterocycles. The maximum absolute atomic E-state index is 14.3. The summed E-state index contributed by atoms with van der Waals surface area (Å²) in [6.07, 6.45) is 0. The molecule has 0 fully saturated rings. The number of benzene rings is 1. The number of ether oxygens (including phenoxy) is 1. The Morgan fingerprint density at radius 2 is 2.00 bits per heavy atom. The molecule has 1 aromatic rings.